The molecule has 1 aromatic rings. The molecule has 0 aliphatic carbocycles. The van der Waals surface area contributed by atoms with E-state index in [-0.39, 0.29) is 11.9 Å². The highest BCUT2D eigenvalue weighted by Gasteiger charge is 2.31. The lowest BCUT2D eigenvalue weighted by molar-refractivity contribution is -0.131. The Morgan fingerprint density at radius 3 is 3.00 bits per heavy atom. The lowest BCUT2D eigenvalue weighted by atomic mass is 10.1. The molecule has 1 aliphatic rings. The van der Waals surface area contributed by atoms with Crippen molar-refractivity contribution in [3.05, 3.63) is 18.1 Å². The number of nitrogens with one attached hydrogen (secondary N) is 1. The van der Waals surface area contributed by atoms with Crippen molar-refractivity contribution in [2.24, 2.45) is 0 Å². The van der Waals surface area contributed by atoms with Gasteiger partial charge in [0.05, 0.1) is 6.04 Å². The quantitative estimate of drug-likeness (QED) is 0.863. The summed E-state index contributed by atoms with van der Waals surface area (Å²) in [6.45, 7) is 2.73. The number of nitrogens with zero attached hydrogens (tertiary/aromatic N) is 3. The Hall–Kier alpha value is -1.65. The predicted octanol–water partition coefficient (Wildman–Crippen LogP) is 1.59. The molecule has 2 heterocycles. The van der Waals surface area contributed by atoms with Crippen LogP contribution in [0.5, 0.6) is 0 Å². The van der Waals surface area contributed by atoms with Crippen molar-refractivity contribution in [3.8, 4) is 0 Å². The van der Waals surface area contributed by atoms with E-state index in [4.69, 9.17) is 0 Å². The van der Waals surface area contributed by atoms with Crippen LogP contribution < -0.4 is 5.32 Å². The summed E-state index contributed by atoms with van der Waals surface area (Å²) in [5, 5.41) is 3.04. The highest BCUT2D eigenvalue weighted by atomic mass is 16.2. The molecule has 1 atom stereocenters. The first-order valence-corrected chi connectivity index (χ1v) is 6.06. The number of likely N-dealkylation sites (tertiary alicyclic amines) is 1. The van der Waals surface area contributed by atoms with Crippen LogP contribution in [0.4, 0.5) is 5.82 Å². The van der Waals surface area contributed by atoms with E-state index in [9.17, 15) is 4.79 Å². The van der Waals surface area contributed by atoms with Crippen LogP contribution in [0.2, 0.25) is 0 Å². The first-order chi connectivity index (χ1) is 8.27. The second-order valence-corrected chi connectivity index (χ2v) is 4.14. The van der Waals surface area contributed by atoms with Crippen LogP contribution in [-0.2, 0) is 4.79 Å². The maximum Gasteiger partial charge on any atom is 0.222 e. The van der Waals surface area contributed by atoms with Gasteiger partial charge in [0.2, 0.25) is 5.91 Å². The molecule has 0 bridgehead atoms. The molecule has 5 heteroatoms. The Kier molecular flexibility index (Phi) is 3.56. The molecule has 1 aromatic heterocycles. The second kappa shape index (κ2) is 5.12. The summed E-state index contributed by atoms with van der Waals surface area (Å²) >= 11 is 0. The van der Waals surface area contributed by atoms with Crippen molar-refractivity contribution in [1.29, 1.82) is 0 Å². The van der Waals surface area contributed by atoms with E-state index >= 15 is 0 Å². The van der Waals surface area contributed by atoms with E-state index in [0.717, 1.165) is 30.9 Å². The van der Waals surface area contributed by atoms with Crippen molar-refractivity contribution in [2.45, 2.75) is 32.2 Å². The van der Waals surface area contributed by atoms with Crippen molar-refractivity contribution in [2.75, 3.05) is 18.9 Å². The van der Waals surface area contributed by atoms with Gasteiger partial charge in [0, 0.05) is 32.4 Å². The molecule has 0 aromatic carbocycles. The first kappa shape index (κ1) is 11.8. The van der Waals surface area contributed by atoms with Gasteiger partial charge in [0.1, 0.15) is 11.5 Å². The average molecular weight is 234 g/mol. The van der Waals surface area contributed by atoms with Gasteiger partial charge >= 0.3 is 0 Å². The number of anilines is 1. The average Bonchev–Trinajstić information content (AvgIpc) is 2.86. The molecule has 1 unspecified atom stereocenters. The van der Waals surface area contributed by atoms with Crippen LogP contribution in [0, 0.1) is 0 Å². The SMILES string of the molecule is CCC(=O)N1CCCC1c1nccnc1NC. The first-order valence-electron chi connectivity index (χ1n) is 6.06. The van der Waals surface area contributed by atoms with E-state index in [1.807, 2.05) is 18.9 Å². The van der Waals surface area contributed by atoms with Crippen LogP contribution in [0.3, 0.4) is 0 Å². The van der Waals surface area contributed by atoms with Crippen molar-refractivity contribution < 1.29 is 4.79 Å². The second-order valence-electron chi connectivity index (χ2n) is 4.14. The predicted molar refractivity (Wildman–Crippen MR) is 65.6 cm³/mol. The van der Waals surface area contributed by atoms with Crippen LogP contribution in [0.15, 0.2) is 12.4 Å². The van der Waals surface area contributed by atoms with Gasteiger partial charge in [0.25, 0.3) is 0 Å². The van der Waals surface area contributed by atoms with Gasteiger partial charge < -0.3 is 10.2 Å². The molecule has 1 N–H and O–H groups in total. The van der Waals surface area contributed by atoms with Gasteiger partial charge in [-0.1, -0.05) is 6.92 Å². The molecule has 92 valence electrons. The summed E-state index contributed by atoms with van der Waals surface area (Å²) in [6, 6.07) is 0.0820. The number of carbonyl (C=O) groups excluding carboxylic acids is 1. The number of carbonyl (C=O) groups is 1. The standard InChI is InChI=1S/C12H18N4O/c1-3-10(17)16-8-4-5-9(16)11-12(13-2)15-7-6-14-11/h6-7,9H,3-5,8H2,1-2H3,(H,13,15). The monoisotopic (exact) mass is 234 g/mol. The van der Waals surface area contributed by atoms with Gasteiger partial charge in [-0.25, -0.2) is 4.98 Å². The zero-order valence-electron chi connectivity index (χ0n) is 10.3. The molecular weight excluding hydrogens is 216 g/mol. The molecule has 0 spiro atoms. The summed E-state index contributed by atoms with van der Waals surface area (Å²) in [7, 11) is 1.83. The summed E-state index contributed by atoms with van der Waals surface area (Å²) in [5.74, 6) is 0.966. The zero-order valence-corrected chi connectivity index (χ0v) is 10.3. The van der Waals surface area contributed by atoms with E-state index < -0.39 is 0 Å². The van der Waals surface area contributed by atoms with Crippen LogP contribution in [-0.4, -0.2) is 34.4 Å². The Morgan fingerprint density at radius 2 is 2.29 bits per heavy atom. The lowest BCUT2D eigenvalue weighted by Gasteiger charge is -2.24. The summed E-state index contributed by atoms with van der Waals surface area (Å²) < 4.78 is 0. The lowest BCUT2D eigenvalue weighted by Crippen LogP contribution is -2.30. The van der Waals surface area contributed by atoms with Crippen molar-refractivity contribution in [1.82, 2.24) is 14.9 Å². The van der Waals surface area contributed by atoms with Gasteiger partial charge in [0.15, 0.2) is 0 Å². The molecule has 17 heavy (non-hydrogen) atoms. The molecule has 5 nitrogen and oxygen atoms in total. The maximum absolute atomic E-state index is 11.9. The molecule has 1 amide bonds. The fraction of sp³-hybridized carbons (Fsp3) is 0.583. The molecule has 1 aliphatic heterocycles. The van der Waals surface area contributed by atoms with Gasteiger partial charge in [-0.05, 0) is 12.8 Å². The third-order valence-corrected chi connectivity index (χ3v) is 3.15. The number of hydrogen-bond acceptors (Lipinski definition) is 4. The van der Waals surface area contributed by atoms with Crippen LogP contribution in [0.25, 0.3) is 0 Å². The van der Waals surface area contributed by atoms with E-state index in [2.05, 4.69) is 15.3 Å². The molecule has 2 rings (SSSR count). The van der Waals surface area contributed by atoms with E-state index in [0.29, 0.717) is 6.42 Å². The van der Waals surface area contributed by atoms with Crippen LogP contribution in [0.1, 0.15) is 37.9 Å². The molecule has 0 saturated carbocycles. The third kappa shape index (κ3) is 2.23. The van der Waals surface area contributed by atoms with Gasteiger partial charge in [-0.3, -0.25) is 9.78 Å². The van der Waals surface area contributed by atoms with Gasteiger partial charge in [-0.15, -0.1) is 0 Å². The fourth-order valence-corrected chi connectivity index (χ4v) is 2.34. The Labute approximate surface area is 101 Å². The van der Waals surface area contributed by atoms with E-state index in [1.165, 1.54) is 0 Å². The molecular formula is C12H18N4O. The fourth-order valence-electron chi connectivity index (χ4n) is 2.34. The summed E-state index contributed by atoms with van der Waals surface area (Å²) in [4.78, 5) is 22.4. The number of hydrogen-bond donors (Lipinski definition) is 1. The zero-order chi connectivity index (χ0) is 12.3. The van der Waals surface area contributed by atoms with Crippen LogP contribution >= 0.6 is 0 Å². The minimum atomic E-state index is 0.0820. The number of amides is 1. The Morgan fingerprint density at radius 1 is 1.53 bits per heavy atom. The number of rotatable bonds is 3. The minimum absolute atomic E-state index is 0.0820. The van der Waals surface area contributed by atoms with Gasteiger partial charge in [-0.2, -0.15) is 0 Å². The topological polar surface area (TPSA) is 58.1 Å². The molecule has 0 radical (unpaired) electrons. The summed E-state index contributed by atoms with van der Waals surface area (Å²) in [5.41, 5.74) is 0.884. The van der Waals surface area contributed by atoms with Crippen molar-refractivity contribution in [3.63, 3.8) is 0 Å². The van der Waals surface area contributed by atoms with E-state index in [1.54, 1.807) is 12.4 Å². The largest absolute Gasteiger partial charge is 0.372 e. The smallest absolute Gasteiger partial charge is 0.222 e. The Balaban J connectivity index is 2.29. The maximum atomic E-state index is 11.9. The normalized spacial score (nSPS) is 19.4. The Bertz CT molecular complexity index is 407. The highest BCUT2D eigenvalue weighted by molar-refractivity contribution is 5.76. The molecule has 1 saturated heterocycles. The van der Waals surface area contributed by atoms with Crippen molar-refractivity contribution >= 4 is 11.7 Å². The third-order valence-electron chi connectivity index (χ3n) is 3.15. The minimum Gasteiger partial charge on any atom is -0.372 e. The number of aromatic nitrogens is 2. The highest BCUT2D eigenvalue weighted by Crippen LogP contribution is 2.33. The molecule has 1 fully saturated rings. The summed E-state index contributed by atoms with van der Waals surface area (Å²) in [6.07, 6.45) is 5.90.